The zero-order valence-corrected chi connectivity index (χ0v) is 21.1. The second-order valence-electron chi connectivity index (χ2n) is 10.5. The normalized spacial score (nSPS) is 21.2. The van der Waals surface area contributed by atoms with Crippen LogP contribution >= 0.6 is 0 Å². The number of imidazole rings is 1. The number of nitrogens with zero attached hydrogens (tertiary/aromatic N) is 3. The van der Waals surface area contributed by atoms with Crippen LogP contribution in [0.25, 0.3) is 5.65 Å². The molecule has 2 aromatic rings. The Morgan fingerprint density at radius 2 is 1.83 bits per heavy atom. The van der Waals surface area contributed by atoms with Gasteiger partial charge in [-0.2, -0.15) is 0 Å². The number of carbonyl (C=O) groups is 3. The first-order valence-electron chi connectivity index (χ1n) is 12.6. The van der Waals surface area contributed by atoms with Crippen molar-refractivity contribution < 1.29 is 23.9 Å². The molecule has 2 atom stereocenters. The lowest BCUT2D eigenvalue weighted by Gasteiger charge is -2.34. The minimum Gasteiger partial charge on any atom is -0.461 e. The molecule has 1 aliphatic carbocycles. The maximum atomic E-state index is 13.6. The van der Waals surface area contributed by atoms with Crippen molar-refractivity contribution in [2.24, 2.45) is 11.8 Å². The van der Waals surface area contributed by atoms with Crippen molar-refractivity contribution in [3.8, 4) is 0 Å². The Hall–Kier alpha value is -3.10. The lowest BCUT2D eigenvalue weighted by atomic mass is 9.76. The smallest absolute Gasteiger partial charge is 0.410 e. The fourth-order valence-electron chi connectivity index (χ4n) is 5.32. The third-order valence-electron chi connectivity index (χ3n) is 6.80. The van der Waals surface area contributed by atoms with Crippen molar-refractivity contribution >= 4 is 29.3 Å². The van der Waals surface area contributed by atoms with Crippen LogP contribution in [0.4, 0.5) is 10.5 Å². The molecule has 0 aromatic carbocycles. The van der Waals surface area contributed by atoms with E-state index in [4.69, 9.17) is 9.47 Å². The molecule has 2 fully saturated rings. The summed E-state index contributed by atoms with van der Waals surface area (Å²) in [5.41, 5.74) is 0.708. The summed E-state index contributed by atoms with van der Waals surface area (Å²) >= 11 is 0. The van der Waals surface area contributed by atoms with Gasteiger partial charge in [-0.15, -0.1) is 0 Å². The van der Waals surface area contributed by atoms with E-state index in [2.05, 4.69) is 10.3 Å². The van der Waals surface area contributed by atoms with Crippen LogP contribution in [-0.4, -0.2) is 57.0 Å². The average Bonchev–Trinajstić information content (AvgIpc) is 3.43. The molecule has 9 heteroatoms. The Bertz CT molecular complexity index is 1080. The van der Waals surface area contributed by atoms with Crippen molar-refractivity contribution in [3.05, 3.63) is 30.2 Å². The number of hydrogen-bond donors (Lipinski definition) is 1. The summed E-state index contributed by atoms with van der Waals surface area (Å²) in [6.45, 7) is 8.02. The molecule has 1 saturated heterocycles. The Morgan fingerprint density at radius 1 is 1.09 bits per heavy atom. The van der Waals surface area contributed by atoms with Gasteiger partial charge in [-0.05, 0) is 58.1 Å². The van der Waals surface area contributed by atoms with E-state index in [-0.39, 0.29) is 24.1 Å². The first-order valence-corrected chi connectivity index (χ1v) is 12.6. The van der Waals surface area contributed by atoms with E-state index in [9.17, 15) is 14.4 Å². The number of ether oxygens (including phenoxy) is 2. The van der Waals surface area contributed by atoms with Gasteiger partial charge in [0.05, 0.1) is 12.3 Å². The Kier molecular flexibility index (Phi) is 7.33. The number of rotatable bonds is 5. The number of carbonyl (C=O) groups excluding carboxylic acids is 3. The summed E-state index contributed by atoms with van der Waals surface area (Å²) in [7, 11) is 0. The Labute approximate surface area is 206 Å². The molecule has 2 amide bonds. The second-order valence-corrected chi connectivity index (χ2v) is 10.5. The van der Waals surface area contributed by atoms with E-state index in [0.717, 1.165) is 19.3 Å². The van der Waals surface area contributed by atoms with E-state index in [1.807, 2.05) is 20.8 Å². The molecule has 0 radical (unpaired) electrons. The van der Waals surface area contributed by atoms with Crippen molar-refractivity contribution in [1.29, 1.82) is 0 Å². The molecule has 0 spiro atoms. The summed E-state index contributed by atoms with van der Waals surface area (Å²) in [5.74, 6) is -0.171. The molecular formula is C26H36N4O5. The van der Waals surface area contributed by atoms with Gasteiger partial charge in [0.1, 0.15) is 17.3 Å². The standard InChI is InChI=1S/C26H36N4O5/c1-5-34-24(32)20-16-29-15-18(11-12-21(29)28-20)27-23(31)22-19(17-9-7-6-8-10-17)13-14-30(22)25(33)35-26(2,3)4/h11-12,15-17,19,22H,5-10,13-14H2,1-4H3,(H,27,31)/t19-,22+/m0/s1. The minimum atomic E-state index is -0.635. The van der Waals surface area contributed by atoms with Crippen LogP contribution in [0.3, 0.4) is 0 Å². The molecule has 4 rings (SSSR count). The van der Waals surface area contributed by atoms with Gasteiger partial charge in [0, 0.05) is 18.9 Å². The number of likely N-dealkylation sites (tertiary alicyclic amines) is 1. The molecule has 1 aliphatic heterocycles. The predicted molar refractivity (Wildman–Crippen MR) is 131 cm³/mol. The van der Waals surface area contributed by atoms with Crippen molar-refractivity contribution in [3.63, 3.8) is 0 Å². The molecule has 0 unspecified atom stereocenters. The molecule has 0 bridgehead atoms. The fourth-order valence-corrected chi connectivity index (χ4v) is 5.32. The number of nitrogens with one attached hydrogen (secondary N) is 1. The van der Waals surface area contributed by atoms with Crippen LogP contribution in [0.1, 0.15) is 76.7 Å². The maximum Gasteiger partial charge on any atom is 0.410 e. The van der Waals surface area contributed by atoms with Gasteiger partial charge in [-0.3, -0.25) is 9.69 Å². The molecule has 2 aromatic heterocycles. The maximum absolute atomic E-state index is 13.6. The predicted octanol–water partition coefficient (Wildman–Crippen LogP) is 4.66. The molecule has 35 heavy (non-hydrogen) atoms. The van der Waals surface area contributed by atoms with E-state index < -0.39 is 23.7 Å². The van der Waals surface area contributed by atoms with Crippen LogP contribution in [0.15, 0.2) is 24.5 Å². The van der Waals surface area contributed by atoms with Crippen molar-refractivity contribution in [2.75, 3.05) is 18.5 Å². The number of amides is 2. The molecule has 1 N–H and O–H groups in total. The first kappa shape index (κ1) is 25.0. The van der Waals surface area contributed by atoms with Crippen LogP contribution in [0, 0.1) is 11.8 Å². The van der Waals surface area contributed by atoms with Crippen molar-refractivity contribution in [2.45, 2.75) is 77.9 Å². The molecule has 9 nitrogen and oxygen atoms in total. The number of aromatic nitrogens is 2. The Balaban J connectivity index is 1.55. The lowest BCUT2D eigenvalue weighted by Crippen LogP contribution is -2.49. The van der Waals surface area contributed by atoms with E-state index >= 15 is 0 Å². The second kappa shape index (κ2) is 10.3. The van der Waals surface area contributed by atoms with Crippen LogP contribution in [0.2, 0.25) is 0 Å². The first-order chi connectivity index (χ1) is 16.7. The molecule has 3 heterocycles. The van der Waals surface area contributed by atoms with E-state index in [0.29, 0.717) is 23.8 Å². The van der Waals surface area contributed by atoms with Crippen LogP contribution in [0.5, 0.6) is 0 Å². The number of pyridine rings is 1. The summed E-state index contributed by atoms with van der Waals surface area (Å²) in [6.07, 6.45) is 9.40. The highest BCUT2D eigenvalue weighted by Gasteiger charge is 2.46. The van der Waals surface area contributed by atoms with Gasteiger partial charge < -0.3 is 19.2 Å². The van der Waals surface area contributed by atoms with Gasteiger partial charge in [-0.25, -0.2) is 14.6 Å². The highest BCUT2D eigenvalue weighted by molar-refractivity contribution is 5.97. The summed E-state index contributed by atoms with van der Waals surface area (Å²) < 4.78 is 12.3. The van der Waals surface area contributed by atoms with Crippen molar-refractivity contribution in [1.82, 2.24) is 14.3 Å². The number of hydrogen-bond acceptors (Lipinski definition) is 6. The van der Waals surface area contributed by atoms with Crippen LogP contribution in [-0.2, 0) is 14.3 Å². The molecule has 1 saturated carbocycles. The van der Waals surface area contributed by atoms with Gasteiger partial charge in [0.15, 0.2) is 5.69 Å². The van der Waals surface area contributed by atoms with Gasteiger partial charge in [0.2, 0.25) is 5.91 Å². The molecule has 190 valence electrons. The monoisotopic (exact) mass is 484 g/mol. The molecule has 2 aliphatic rings. The zero-order valence-electron chi connectivity index (χ0n) is 21.1. The van der Waals surface area contributed by atoms with Crippen LogP contribution < -0.4 is 5.32 Å². The topological polar surface area (TPSA) is 102 Å². The number of fused-ring (bicyclic) bond motifs is 1. The number of anilines is 1. The fraction of sp³-hybridized carbons (Fsp3) is 0.615. The third kappa shape index (κ3) is 5.77. The van der Waals surface area contributed by atoms with Gasteiger partial charge in [-0.1, -0.05) is 32.1 Å². The Morgan fingerprint density at radius 3 is 2.51 bits per heavy atom. The minimum absolute atomic E-state index is 0.107. The zero-order chi connectivity index (χ0) is 25.2. The summed E-state index contributed by atoms with van der Waals surface area (Å²) in [5, 5.41) is 3.00. The highest BCUT2D eigenvalue weighted by atomic mass is 16.6. The molecular weight excluding hydrogens is 448 g/mol. The van der Waals surface area contributed by atoms with Gasteiger partial charge in [0.25, 0.3) is 0 Å². The summed E-state index contributed by atoms with van der Waals surface area (Å²) in [4.78, 5) is 44.5. The average molecular weight is 485 g/mol. The van der Waals surface area contributed by atoms with E-state index in [1.165, 1.54) is 19.3 Å². The lowest BCUT2D eigenvalue weighted by molar-refractivity contribution is -0.122. The number of esters is 1. The third-order valence-corrected chi connectivity index (χ3v) is 6.80. The SMILES string of the molecule is CCOC(=O)c1cn2cc(NC(=O)[C@H]3[C@H](C4CCCCC4)CCN3C(=O)OC(C)(C)C)ccc2n1. The highest BCUT2D eigenvalue weighted by Crippen LogP contribution is 2.39. The largest absolute Gasteiger partial charge is 0.461 e. The quantitative estimate of drug-likeness (QED) is 0.620. The van der Waals surface area contributed by atoms with Gasteiger partial charge >= 0.3 is 12.1 Å². The van der Waals surface area contributed by atoms with E-state index in [1.54, 1.807) is 40.8 Å². The summed E-state index contributed by atoms with van der Waals surface area (Å²) in [6, 6.07) is 2.90.